The van der Waals surface area contributed by atoms with Gasteiger partial charge in [-0.15, -0.1) is 0 Å². The molecule has 0 spiro atoms. The zero-order valence-corrected chi connectivity index (χ0v) is 18.6. The van der Waals surface area contributed by atoms with Crippen LogP contribution < -0.4 is 10.6 Å². The summed E-state index contributed by atoms with van der Waals surface area (Å²) in [5, 5.41) is 5.44. The average Bonchev–Trinajstić information content (AvgIpc) is 3.08. The Morgan fingerprint density at radius 3 is 2.55 bits per heavy atom. The van der Waals surface area contributed by atoms with Gasteiger partial charge in [-0.25, -0.2) is 4.79 Å². The SMILES string of the molecule is CCCN1C(=O)N[C@H](CC(=O)N2CCNC(=O)[C@H]2Cc2cccc(-c3ccccc3)c2)C1=O. The number of carbonyl (C=O) groups is 4. The molecule has 2 aliphatic rings. The van der Waals surface area contributed by atoms with Crippen LogP contribution in [-0.2, 0) is 20.8 Å². The van der Waals surface area contributed by atoms with E-state index < -0.39 is 18.1 Å². The highest BCUT2D eigenvalue weighted by Crippen LogP contribution is 2.22. The van der Waals surface area contributed by atoms with E-state index in [0.29, 0.717) is 32.5 Å². The Kier molecular flexibility index (Phi) is 6.72. The van der Waals surface area contributed by atoms with Gasteiger partial charge in [0.25, 0.3) is 5.91 Å². The van der Waals surface area contributed by atoms with Gasteiger partial charge in [0.05, 0.1) is 6.42 Å². The molecule has 5 amide bonds. The molecule has 0 unspecified atom stereocenters. The van der Waals surface area contributed by atoms with Gasteiger partial charge in [0.2, 0.25) is 11.8 Å². The standard InChI is InChI=1S/C25H28N4O4/c1-2-12-29-24(32)20(27-25(29)33)16-22(30)28-13-11-26-23(31)21(28)15-17-7-6-10-19(14-17)18-8-4-3-5-9-18/h3-10,14,20-21H,2,11-13,15-16H2,1H3,(H,26,31)(H,27,33)/t20-,21-/m1/s1. The molecule has 0 bridgehead atoms. The van der Waals surface area contributed by atoms with Crippen LogP contribution in [-0.4, -0.2) is 65.3 Å². The van der Waals surface area contributed by atoms with E-state index in [1.54, 1.807) is 0 Å². The summed E-state index contributed by atoms with van der Waals surface area (Å²) < 4.78 is 0. The zero-order chi connectivity index (χ0) is 23.4. The number of carbonyl (C=O) groups excluding carboxylic acids is 4. The summed E-state index contributed by atoms with van der Waals surface area (Å²) in [7, 11) is 0. The van der Waals surface area contributed by atoms with Gasteiger partial charge in [0.1, 0.15) is 12.1 Å². The maximum absolute atomic E-state index is 13.1. The highest BCUT2D eigenvalue weighted by atomic mass is 16.2. The second-order valence-electron chi connectivity index (χ2n) is 8.36. The largest absolute Gasteiger partial charge is 0.353 e. The van der Waals surface area contributed by atoms with Gasteiger partial charge in [-0.05, 0) is 23.1 Å². The molecule has 0 radical (unpaired) electrons. The first-order chi connectivity index (χ1) is 16.0. The minimum atomic E-state index is -0.886. The molecule has 33 heavy (non-hydrogen) atoms. The van der Waals surface area contributed by atoms with Crippen LogP contribution in [0.4, 0.5) is 4.79 Å². The van der Waals surface area contributed by atoms with Crippen LogP contribution in [0.2, 0.25) is 0 Å². The lowest BCUT2D eigenvalue weighted by Crippen LogP contribution is -2.58. The quantitative estimate of drug-likeness (QED) is 0.633. The zero-order valence-electron chi connectivity index (χ0n) is 18.6. The third kappa shape index (κ3) is 4.89. The Balaban J connectivity index is 1.48. The summed E-state index contributed by atoms with van der Waals surface area (Å²) in [6.07, 6.45) is 0.861. The van der Waals surface area contributed by atoms with Crippen molar-refractivity contribution in [2.75, 3.05) is 19.6 Å². The van der Waals surface area contributed by atoms with Crippen LogP contribution in [0.1, 0.15) is 25.3 Å². The highest BCUT2D eigenvalue weighted by molar-refractivity contribution is 6.06. The molecule has 4 rings (SSSR count). The molecule has 2 heterocycles. The molecule has 0 aliphatic carbocycles. The number of amides is 5. The number of rotatable bonds is 7. The van der Waals surface area contributed by atoms with Crippen molar-refractivity contribution in [2.45, 2.75) is 38.3 Å². The van der Waals surface area contributed by atoms with E-state index in [9.17, 15) is 19.2 Å². The summed E-state index contributed by atoms with van der Waals surface area (Å²) >= 11 is 0. The summed E-state index contributed by atoms with van der Waals surface area (Å²) in [4.78, 5) is 53.1. The summed E-state index contributed by atoms with van der Waals surface area (Å²) in [6, 6.07) is 15.9. The number of nitrogens with one attached hydrogen (secondary N) is 2. The van der Waals surface area contributed by atoms with E-state index in [1.165, 1.54) is 4.90 Å². The normalized spacial score (nSPS) is 20.6. The molecule has 0 aromatic heterocycles. The summed E-state index contributed by atoms with van der Waals surface area (Å²) in [6.45, 7) is 2.92. The van der Waals surface area contributed by atoms with E-state index in [0.717, 1.165) is 21.6 Å². The molecular formula is C25H28N4O4. The predicted octanol–water partition coefficient (Wildman–Crippen LogP) is 1.94. The lowest BCUT2D eigenvalue weighted by Gasteiger charge is -2.35. The fourth-order valence-corrected chi connectivity index (χ4v) is 4.39. The lowest BCUT2D eigenvalue weighted by molar-refractivity contribution is -0.144. The monoisotopic (exact) mass is 448 g/mol. The van der Waals surface area contributed by atoms with Gasteiger partial charge < -0.3 is 15.5 Å². The second-order valence-corrected chi connectivity index (χ2v) is 8.36. The van der Waals surface area contributed by atoms with Crippen molar-refractivity contribution in [3.8, 4) is 11.1 Å². The van der Waals surface area contributed by atoms with Gasteiger partial charge in [-0.1, -0.05) is 61.5 Å². The van der Waals surface area contributed by atoms with E-state index in [2.05, 4.69) is 10.6 Å². The lowest BCUT2D eigenvalue weighted by atomic mass is 9.97. The maximum Gasteiger partial charge on any atom is 0.324 e. The molecule has 2 atom stereocenters. The van der Waals surface area contributed by atoms with Gasteiger partial charge in [0.15, 0.2) is 0 Å². The average molecular weight is 449 g/mol. The third-order valence-electron chi connectivity index (χ3n) is 6.05. The van der Waals surface area contributed by atoms with Crippen LogP contribution in [0.3, 0.4) is 0 Å². The Hall–Kier alpha value is -3.68. The van der Waals surface area contributed by atoms with Crippen LogP contribution in [0.15, 0.2) is 54.6 Å². The topological polar surface area (TPSA) is 98.8 Å². The number of benzene rings is 2. The van der Waals surface area contributed by atoms with Gasteiger partial charge >= 0.3 is 6.03 Å². The Bertz CT molecular complexity index is 1060. The molecule has 0 saturated carbocycles. The van der Waals surface area contributed by atoms with Gasteiger partial charge in [-0.3, -0.25) is 19.3 Å². The molecule has 2 fully saturated rings. The molecule has 2 saturated heterocycles. The number of nitrogens with zero attached hydrogens (tertiary/aromatic N) is 2. The molecular weight excluding hydrogens is 420 g/mol. The first-order valence-electron chi connectivity index (χ1n) is 11.3. The van der Waals surface area contributed by atoms with E-state index in [-0.39, 0.29) is 24.1 Å². The van der Waals surface area contributed by atoms with Crippen molar-refractivity contribution >= 4 is 23.8 Å². The Labute approximate surface area is 192 Å². The number of hydrogen-bond acceptors (Lipinski definition) is 4. The van der Waals surface area contributed by atoms with Crippen molar-refractivity contribution in [2.24, 2.45) is 0 Å². The van der Waals surface area contributed by atoms with Crippen molar-refractivity contribution in [1.82, 2.24) is 20.4 Å². The Morgan fingerprint density at radius 2 is 1.79 bits per heavy atom. The van der Waals surface area contributed by atoms with E-state index >= 15 is 0 Å². The van der Waals surface area contributed by atoms with Crippen molar-refractivity contribution in [1.29, 1.82) is 0 Å². The van der Waals surface area contributed by atoms with Crippen LogP contribution in [0, 0.1) is 0 Å². The molecule has 2 aromatic rings. The minimum Gasteiger partial charge on any atom is -0.353 e. The van der Waals surface area contributed by atoms with Gasteiger partial charge in [-0.2, -0.15) is 0 Å². The number of piperazine rings is 1. The van der Waals surface area contributed by atoms with Crippen LogP contribution in [0.5, 0.6) is 0 Å². The van der Waals surface area contributed by atoms with Gasteiger partial charge in [0, 0.05) is 26.1 Å². The van der Waals surface area contributed by atoms with E-state index in [1.807, 2.05) is 61.5 Å². The van der Waals surface area contributed by atoms with Crippen LogP contribution >= 0.6 is 0 Å². The van der Waals surface area contributed by atoms with Crippen molar-refractivity contribution in [3.05, 3.63) is 60.2 Å². The molecule has 8 nitrogen and oxygen atoms in total. The molecule has 2 aromatic carbocycles. The number of hydrogen-bond donors (Lipinski definition) is 2. The van der Waals surface area contributed by atoms with E-state index in [4.69, 9.17) is 0 Å². The Morgan fingerprint density at radius 1 is 1.03 bits per heavy atom. The first kappa shape index (κ1) is 22.5. The first-order valence-corrected chi connectivity index (χ1v) is 11.3. The number of imide groups is 1. The third-order valence-corrected chi connectivity index (χ3v) is 6.05. The van der Waals surface area contributed by atoms with Crippen LogP contribution in [0.25, 0.3) is 11.1 Å². The molecule has 2 aliphatic heterocycles. The molecule has 172 valence electrons. The smallest absolute Gasteiger partial charge is 0.324 e. The second kappa shape index (κ2) is 9.85. The summed E-state index contributed by atoms with van der Waals surface area (Å²) in [5.74, 6) is -0.913. The summed E-state index contributed by atoms with van der Waals surface area (Å²) in [5.41, 5.74) is 3.06. The van der Waals surface area contributed by atoms with Crippen molar-refractivity contribution < 1.29 is 19.2 Å². The predicted molar refractivity (Wildman–Crippen MR) is 123 cm³/mol. The fourth-order valence-electron chi connectivity index (χ4n) is 4.39. The van der Waals surface area contributed by atoms with Crippen molar-refractivity contribution in [3.63, 3.8) is 0 Å². The fraction of sp³-hybridized carbons (Fsp3) is 0.360. The highest BCUT2D eigenvalue weighted by Gasteiger charge is 2.41. The minimum absolute atomic E-state index is 0.154. The maximum atomic E-state index is 13.1. The molecule has 2 N–H and O–H groups in total. The number of urea groups is 1. The molecule has 8 heteroatoms.